The molecule has 2 N–H and O–H groups in total. The minimum absolute atomic E-state index is 0. The predicted octanol–water partition coefficient (Wildman–Crippen LogP) is 3.61. The zero-order valence-corrected chi connectivity index (χ0v) is 16.8. The van der Waals surface area contributed by atoms with Crippen LogP contribution in [0.4, 0.5) is 0 Å². The Labute approximate surface area is 166 Å². The highest BCUT2D eigenvalue weighted by Crippen LogP contribution is 2.25. The average Bonchev–Trinajstić information content (AvgIpc) is 2.59. The van der Waals surface area contributed by atoms with Crippen molar-refractivity contribution < 1.29 is 14.9 Å². The van der Waals surface area contributed by atoms with E-state index in [-0.39, 0.29) is 25.6 Å². The van der Waals surface area contributed by atoms with Gasteiger partial charge in [0.25, 0.3) is 0 Å². The van der Waals surface area contributed by atoms with E-state index in [2.05, 4.69) is 0 Å². The molecule has 0 saturated carbocycles. The van der Waals surface area contributed by atoms with Gasteiger partial charge in [0.15, 0.2) is 0 Å². The Balaban J connectivity index is 0.00000338. The Morgan fingerprint density at radius 2 is 1.73 bits per heavy atom. The summed E-state index contributed by atoms with van der Waals surface area (Å²) in [5.74, 6) is 0.704. The van der Waals surface area contributed by atoms with Crippen LogP contribution in [0.5, 0.6) is 5.75 Å². The molecule has 0 radical (unpaired) electrons. The number of rotatable bonds is 9. The Morgan fingerprint density at radius 3 is 2.31 bits per heavy atom. The zero-order valence-electron chi connectivity index (χ0n) is 15.2. The molecule has 1 unspecified atom stereocenters. The van der Waals surface area contributed by atoms with Crippen molar-refractivity contribution in [3.63, 3.8) is 0 Å². The first-order valence-electron chi connectivity index (χ1n) is 8.44. The first kappa shape index (κ1) is 22.7. The maximum Gasteiger partial charge on any atom is 0.120 e. The van der Waals surface area contributed by atoms with E-state index >= 15 is 0 Å². The first-order chi connectivity index (χ1) is 12.0. The molecule has 0 aliphatic heterocycles. The molecule has 0 bridgehead atoms. The fourth-order valence-corrected chi connectivity index (χ4v) is 2.86. The number of ether oxygens (including phenoxy) is 1. The van der Waals surface area contributed by atoms with E-state index in [9.17, 15) is 10.2 Å². The van der Waals surface area contributed by atoms with Crippen molar-refractivity contribution in [1.82, 2.24) is 4.90 Å². The van der Waals surface area contributed by atoms with Crippen molar-refractivity contribution in [3.05, 3.63) is 64.2 Å². The van der Waals surface area contributed by atoms with Gasteiger partial charge in [0.1, 0.15) is 18.5 Å². The zero-order chi connectivity index (χ0) is 18.2. The molecule has 26 heavy (non-hydrogen) atoms. The molecule has 0 amide bonds. The fraction of sp³-hybridized carbons (Fsp3) is 0.400. The lowest BCUT2D eigenvalue weighted by atomic mass is 10.1. The normalized spacial score (nSPS) is 11.9. The van der Waals surface area contributed by atoms with Crippen LogP contribution in [-0.4, -0.2) is 47.5 Å². The second kappa shape index (κ2) is 11.4. The molecule has 0 aromatic heterocycles. The highest BCUT2D eigenvalue weighted by molar-refractivity contribution is 6.32. The first-order valence-corrected chi connectivity index (χ1v) is 8.82. The third-order valence-electron chi connectivity index (χ3n) is 3.99. The summed E-state index contributed by atoms with van der Waals surface area (Å²) in [7, 11) is 0. The number of hydrogen-bond acceptors (Lipinski definition) is 4. The topological polar surface area (TPSA) is 52.9 Å². The SMILES string of the molecule is Cc1cc(OCC(O)CN(CCO)Cc2ccccc2)cc(C)c1Cl.Cl. The van der Waals surface area contributed by atoms with Gasteiger partial charge < -0.3 is 14.9 Å². The Hall–Kier alpha value is -1.30. The minimum atomic E-state index is -0.647. The summed E-state index contributed by atoms with van der Waals surface area (Å²) in [6.07, 6.45) is -0.647. The predicted molar refractivity (Wildman–Crippen MR) is 108 cm³/mol. The molecular formula is C20H27Cl2NO3. The molecule has 2 aromatic carbocycles. The molecule has 2 rings (SSSR count). The van der Waals surface area contributed by atoms with E-state index < -0.39 is 6.10 Å². The van der Waals surface area contributed by atoms with Crippen LogP contribution in [0.2, 0.25) is 5.02 Å². The second-order valence-corrected chi connectivity index (χ2v) is 6.66. The summed E-state index contributed by atoms with van der Waals surface area (Å²) in [6.45, 7) is 5.72. The van der Waals surface area contributed by atoms with Crippen LogP contribution >= 0.6 is 24.0 Å². The third kappa shape index (κ3) is 7.14. The van der Waals surface area contributed by atoms with Crippen molar-refractivity contribution in [2.24, 2.45) is 0 Å². The number of aryl methyl sites for hydroxylation is 2. The maximum atomic E-state index is 10.3. The minimum Gasteiger partial charge on any atom is -0.491 e. The van der Waals surface area contributed by atoms with Gasteiger partial charge in [-0.15, -0.1) is 12.4 Å². The van der Waals surface area contributed by atoms with E-state index in [1.54, 1.807) is 0 Å². The molecule has 0 aliphatic carbocycles. The van der Waals surface area contributed by atoms with E-state index in [1.807, 2.05) is 61.2 Å². The van der Waals surface area contributed by atoms with Crippen LogP contribution in [0.15, 0.2) is 42.5 Å². The van der Waals surface area contributed by atoms with E-state index in [4.69, 9.17) is 16.3 Å². The highest BCUT2D eigenvalue weighted by atomic mass is 35.5. The van der Waals surface area contributed by atoms with Gasteiger partial charge in [-0.3, -0.25) is 4.90 Å². The quantitative estimate of drug-likeness (QED) is 0.675. The van der Waals surface area contributed by atoms with Gasteiger partial charge in [0.05, 0.1) is 6.61 Å². The van der Waals surface area contributed by atoms with Crippen LogP contribution in [0.25, 0.3) is 0 Å². The smallest absolute Gasteiger partial charge is 0.120 e. The van der Waals surface area contributed by atoms with Crippen molar-refractivity contribution in [1.29, 1.82) is 0 Å². The third-order valence-corrected chi connectivity index (χ3v) is 4.58. The summed E-state index contributed by atoms with van der Waals surface area (Å²) < 4.78 is 5.72. The largest absolute Gasteiger partial charge is 0.491 e. The van der Waals surface area contributed by atoms with Crippen molar-refractivity contribution in [2.45, 2.75) is 26.5 Å². The van der Waals surface area contributed by atoms with Gasteiger partial charge in [0.2, 0.25) is 0 Å². The van der Waals surface area contributed by atoms with Gasteiger partial charge in [-0.05, 0) is 42.7 Å². The van der Waals surface area contributed by atoms with E-state index in [0.29, 0.717) is 25.4 Å². The van der Waals surface area contributed by atoms with Crippen molar-refractivity contribution >= 4 is 24.0 Å². The van der Waals surface area contributed by atoms with E-state index in [1.165, 1.54) is 0 Å². The molecule has 0 spiro atoms. The molecular weight excluding hydrogens is 373 g/mol. The summed E-state index contributed by atoms with van der Waals surface area (Å²) >= 11 is 6.16. The highest BCUT2D eigenvalue weighted by Gasteiger charge is 2.13. The van der Waals surface area contributed by atoms with Gasteiger partial charge in [-0.2, -0.15) is 0 Å². The molecule has 144 valence electrons. The van der Waals surface area contributed by atoms with Crippen molar-refractivity contribution in [2.75, 3.05) is 26.3 Å². The number of halogens is 2. The molecule has 0 heterocycles. The molecule has 0 aliphatic rings. The summed E-state index contributed by atoms with van der Waals surface area (Å²) in [6, 6.07) is 13.8. The van der Waals surface area contributed by atoms with Crippen LogP contribution < -0.4 is 4.74 Å². The summed E-state index contributed by atoms with van der Waals surface area (Å²) in [5.41, 5.74) is 3.06. The number of aliphatic hydroxyl groups is 2. The lowest BCUT2D eigenvalue weighted by Gasteiger charge is -2.24. The summed E-state index contributed by atoms with van der Waals surface area (Å²) in [4.78, 5) is 2.02. The molecule has 1 atom stereocenters. The average molecular weight is 400 g/mol. The summed E-state index contributed by atoms with van der Waals surface area (Å²) in [5, 5.41) is 20.3. The van der Waals surface area contributed by atoms with Crippen LogP contribution in [0, 0.1) is 13.8 Å². The number of nitrogens with zero attached hydrogens (tertiary/aromatic N) is 1. The lowest BCUT2D eigenvalue weighted by molar-refractivity contribution is 0.0590. The Bertz CT molecular complexity index is 644. The number of hydrogen-bond donors (Lipinski definition) is 2. The lowest BCUT2D eigenvalue weighted by Crippen LogP contribution is -2.37. The molecule has 0 fully saturated rings. The van der Waals surface area contributed by atoms with Gasteiger partial charge in [0, 0.05) is 24.7 Å². The van der Waals surface area contributed by atoms with Crippen LogP contribution in [0.3, 0.4) is 0 Å². The van der Waals surface area contributed by atoms with Crippen LogP contribution in [0.1, 0.15) is 16.7 Å². The molecule has 0 saturated heterocycles. The standard InChI is InChI=1S/C20H26ClNO3.ClH/c1-15-10-19(11-16(2)20(15)21)25-14-18(24)13-22(8-9-23)12-17-6-4-3-5-7-17;/h3-7,10-11,18,23-24H,8-9,12-14H2,1-2H3;1H. The fourth-order valence-electron chi connectivity index (χ4n) is 2.75. The Morgan fingerprint density at radius 1 is 1.12 bits per heavy atom. The van der Waals surface area contributed by atoms with Gasteiger partial charge in [-0.25, -0.2) is 0 Å². The van der Waals surface area contributed by atoms with Gasteiger partial charge >= 0.3 is 0 Å². The van der Waals surface area contributed by atoms with E-state index in [0.717, 1.165) is 21.7 Å². The molecule has 2 aromatic rings. The van der Waals surface area contributed by atoms with Crippen molar-refractivity contribution in [3.8, 4) is 5.75 Å². The molecule has 6 heteroatoms. The van der Waals surface area contributed by atoms with Gasteiger partial charge in [-0.1, -0.05) is 41.9 Å². The Kier molecular flexibility index (Phi) is 9.99. The number of aliphatic hydroxyl groups excluding tert-OH is 2. The van der Waals surface area contributed by atoms with Crippen LogP contribution in [-0.2, 0) is 6.54 Å². The molecule has 4 nitrogen and oxygen atoms in total. The maximum absolute atomic E-state index is 10.3. The monoisotopic (exact) mass is 399 g/mol. The second-order valence-electron chi connectivity index (χ2n) is 6.28. The number of benzene rings is 2.